The highest BCUT2D eigenvalue weighted by Crippen LogP contribution is 2.36. The molecule has 0 fully saturated rings. The summed E-state index contributed by atoms with van der Waals surface area (Å²) in [5.41, 5.74) is 3.44. The average molecular weight is 408 g/mol. The van der Waals surface area contributed by atoms with Crippen LogP contribution >= 0.6 is 11.8 Å². The van der Waals surface area contributed by atoms with Gasteiger partial charge in [-0.2, -0.15) is 0 Å². The van der Waals surface area contributed by atoms with Gasteiger partial charge in [0.2, 0.25) is 11.7 Å². The molecule has 0 spiro atoms. The van der Waals surface area contributed by atoms with Gasteiger partial charge in [-0.1, -0.05) is 25.1 Å². The Hall–Kier alpha value is -3.06. The lowest BCUT2D eigenvalue weighted by Gasteiger charge is -2.21. The van der Waals surface area contributed by atoms with E-state index in [1.54, 1.807) is 24.4 Å². The minimum Gasteiger partial charge on any atom is -0.454 e. The van der Waals surface area contributed by atoms with Crippen molar-refractivity contribution in [1.82, 2.24) is 4.98 Å². The van der Waals surface area contributed by atoms with Crippen LogP contribution in [-0.4, -0.2) is 34.5 Å². The summed E-state index contributed by atoms with van der Waals surface area (Å²) in [5.74, 6) is -0.976. The molecule has 4 rings (SSSR count). The Kier molecular flexibility index (Phi) is 5.15. The number of hydrogen-bond donors (Lipinski definition) is 2. The minimum atomic E-state index is -0.604. The van der Waals surface area contributed by atoms with Gasteiger partial charge in [-0.3, -0.25) is 9.59 Å². The number of aromatic nitrogens is 1. The standard InChI is InChI=1S/C22H20N2O4S/c1-3-13-5-4-6-15-16(10-23-20(13)15)18(25)11-28-22(27)14-7-8-19-17(9-14)24-21(26)12(2)29-19/h4-10,12,23H,3,11H2,1-2H3,(H,24,26). The number of para-hydroxylation sites is 1. The molecule has 148 valence electrons. The van der Waals surface area contributed by atoms with Crippen molar-refractivity contribution in [2.45, 2.75) is 30.4 Å². The summed E-state index contributed by atoms with van der Waals surface area (Å²) in [7, 11) is 0. The quantitative estimate of drug-likeness (QED) is 0.488. The second-order valence-electron chi connectivity index (χ2n) is 6.86. The van der Waals surface area contributed by atoms with Crippen LogP contribution in [0.2, 0.25) is 0 Å². The first-order valence-electron chi connectivity index (χ1n) is 9.38. The maximum Gasteiger partial charge on any atom is 0.338 e. The summed E-state index contributed by atoms with van der Waals surface area (Å²) in [6.45, 7) is 3.53. The van der Waals surface area contributed by atoms with Crippen LogP contribution in [0.15, 0.2) is 47.5 Å². The molecule has 1 aromatic heterocycles. The molecule has 0 saturated carbocycles. The Balaban J connectivity index is 1.47. The molecule has 7 heteroatoms. The van der Waals surface area contributed by atoms with E-state index >= 15 is 0 Å². The van der Waals surface area contributed by atoms with Gasteiger partial charge in [0.25, 0.3) is 0 Å². The summed E-state index contributed by atoms with van der Waals surface area (Å²) in [6, 6.07) is 10.8. The van der Waals surface area contributed by atoms with E-state index in [0.717, 1.165) is 27.8 Å². The first-order chi connectivity index (χ1) is 14.0. The topological polar surface area (TPSA) is 88.3 Å². The van der Waals surface area contributed by atoms with E-state index in [2.05, 4.69) is 17.2 Å². The highest BCUT2D eigenvalue weighted by atomic mass is 32.2. The summed E-state index contributed by atoms with van der Waals surface area (Å²) in [4.78, 5) is 40.9. The molecule has 0 aliphatic carbocycles. The number of nitrogens with one attached hydrogen (secondary N) is 2. The van der Waals surface area contributed by atoms with E-state index in [1.807, 2.05) is 25.1 Å². The number of carbonyl (C=O) groups is 3. The van der Waals surface area contributed by atoms with E-state index in [0.29, 0.717) is 16.8 Å². The molecule has 0 saturated heterocycles. The number of Topliss-reactive ketones (excluding diaryl/α,β-unsaturated/α-hetero) is 1. The lowest BCUT2D eigenvalue weighted by Crippen LogP contribution is -2.26. The molecule has 2 aromatic carbocycles. The van der Waals surface area contributed by atoms with Crippen LogP contribution < -0.4 is 5.32 Å². The summed E-state index contributed by atoms with van der Waals surface area (Å²) in [5, 5.41) is 3.43. The minimum absolute atomic E-state index is 0.103. The highest BCUT2D eigenvalue weighted by molar-refractivity contribution is 8.00. The van der Waals surface area contributed by atoms with Crippen molar-refractivity contribution in [2.24, 2.45) is 0 Å². The summed E-state index contributed by atoms with van der Waals surface area (Å²) >= 11 is 1.44. The fourth-order valence-electron chi connectivity index (χ4n) is 3.37. The largest absolute Gasteiger partial charge is 0.454 e. The van der Waals surface area contributed by atoms with Gasteiger partial charge in [-0.05, 0) is 37.1 Å². The van der Waals surface area contributed by atoms with Crippen LogP contribution in [0.3, 0.4) is 0 Å². The van der Waals surface area contributed by atoms with Crippen molar-refractivity contribution in [3.63, 3.8) is 0 Å². The predicted molar refractivity (Wildman–Crippen MR) is 113 cm³/mol. The number of amides is 1. The molecule has 1 aliphatic heterocycles. The van der Waals surface area contributed by atoms with E-state index in [4.69, 9.17) is 4.74 Å². The predicted octanol–water partition coefficient (Wildman–Crippen LogP) is 4.20. The first kappa shape index (κ1) is 19.3. The number of ketones is 1. The number of carbonyl (C=O) groups excluding carboxylic acids is 3. The summed E-state index contributed by atoms with van der Waals surface area (Å²) in [6.07, 6.45) is 2.51. The Morgan fingerprint density at radius 2 is 2.03 bits per heavy atom. The van der Waals surface area contributed by atoms with Crippen molar-refractivity contribution in [3.05, 3.63) is 59.3 Å². The smallest absolute Gasteiger partial charge is 0.338 e. The van der Waals surface area contributed by atoms with Gasteiger partial charge in [0, 0.05) is 27.6 Å². The zero-order chi connectivity index (χ0) is 20.5. The van der Waals surface area contributed by atoms with E-state index < -0.39 is 5.97 Å². The normalized spacial score (nSPS) is 15.7. The van der Waals surface area contributed by atoms with Crippen LogP contribution in [0.4, 0.5) is 5.69 Å². The van der Waals surface area contributed by atoms with Crippen molar-refractivity contribution in [2.75, 3.05) is 11.9 Å². The van der Waals surface area contributed by atoms with Crippen molar-refractivity contribution in [3.8, 4) is 0 Å². The van der Waals surface area contributed by atoms with Gasteiger partial charge < -0.3 is 15.0 Å². The van der Waals surface area contributed by atoms with E-state index in [1.165, 1.54) is 11.8 Å². The zero-order valence-electron chi connectivity index (χ0n) is 16.1. The number of esters is 1. The Labute approximate surface area is 172 Å². The van der Waals surface area contributed by atoms with Gasteiger partial charge >= 0.3 is 5.97 Å². The van der Waals surface area contributed by atoms with Crippen LogP contribution in [0.5, 0.6) is 0 Å². The molecule has 1 aliphatic rings. The number of thioether (sulfide) groups is 1. The van der Waals surface area contributed by atoms with Crippen LogP contribution in [0, 0.1) is 0 Å². The number of hydrogen-bond acceptors (Lipinski definition) is 5. The van der Waals surface area contributed by atoms with Gasteiger partial charge in [0.05, 0.1) is 16.5 Å². The molecular formula is C22H20N2O4S. The monoisotopic (exact) mass is 408 g/mol. The van der Waals surface area contributed by atoms with Crippen LogP contribution in [0.1, 0.15) is 40.1 Å². The van der Waals surface area contributed by atoms with Gasteiger partial charge in [-0.15, -0.1) is 11.8 Å². The Morgan fingerprint density at radius 1 is 1.21 bits per heavy atom. The number of aromatic amines is 1. The maximum atomic E-state index is 12.6. The second kappa shape index (κ2) is 7.75. The number of ether oxygens (including phenoxy) is 1. The molecule has 1 atom stereocenters. The number of H-pyrrole nitrogens is 1. The number of rotatable bonds is 5. The van der Waals surface area contributed by atoms with Crippen molar-refractivity contribution >= 4 is 46.0 Å². The van der Waals surface area contributed by atoms with E-state index in [-0.39, 0.29) is 23.5 Å². The maximum absolute atomic E-state index is 12.6. The van der Waals surface area contributed by atoms with Gasteiger partial charge in [0.1, 0.15) is 0 Å². The number of benzene rings is 2. The van der Waals surface area contributed by atoms with Crippen LogP contribution in [-0.2, 0) is 16.0 Å². The third-order valence-electron chi connectivity index (χ3n) is 4.96. The number of aryl methyl sites for hydroxylation is 1. The third kappa shape index (κ3) is 3.65. The highest BCUT2D eigenvalue weighted by Gasteiger charge is 2.24. The molecule has 6 nitrogen and oxygen atoms in total. The molecular weight excluding hydrogens is 388 g/mol. The van der Waals surface area contributed by atoms with E-state index in [9.17, 15) is 14.4 Å². The molecule has 29 heavy (non-hydrogen) atoms. The molecule has 2 heterocycles. The van der Waals surface area contributed by atoms with Crippen molar-refractivity contribution < 1.29 is 19.1 Å². The second-order valence-corrected chi connectivity index (χ2v) is 8.24. The number of anilines is 1. The average Bonchev–Trinajstić information content (AvgIpc) is 3.16. The molecule has 1 amide bonds. The lowest BCUT2D eigenvalue weighted by atomic mass is 10.1. The molecule has 0 radical (unpaired) electrons. The molecule has 1 unspecified atom stereocenters. The third-order valence-corrected chi connectivity index (χ3v) is 6.14. The summed E-state index contributed by atoms with van der Waals surface area (Å²) < 4.78 is 5.24. The Bertz CT molecular complexity index is 1140. The Morgan fingerprint density at radius 3 is 2.83 bits per heavy atom. The first-order valence-corrected chi connectivity index (χ1v) is 10.3. The molecule has 0 bridgehead atoms. The lowest BCUT2D eigenvalue weighted by molar-refractivity contribution is -0.115. The fourth-order valence-corrected chi connectivity index (χ4v) is 4.30. The molecule has 3 aromatic rings. The molecule has 2 N–H and O–H groups in total. The van der Waals surface area contributed by atoms with Crippen molar-refractivity contribution in [1.29, 1.82) is 0 Å². The zero-order valence-corrected chi connectivity index (χ0v) is 16.9. The fraction of sp³-hybridized carbons (Fsp3) is 0.227. The van der Waals surface area contributed by atoms with Crippen LogP contribution in [0.25, 0.3) is 10.9 Å². The van der Waals surface area contributed by atoms with Gasteiger partial charge in [-0.25, -0.2) is 4.79 Å². The number of fused-ring (bicyclic) bond motifs is 2. The SMILES string of the molecule is CCc1cccc2c(C(=O)COC(=O)c3ccc4c(c3)NC(=O)C(C)S4)c[nH]c12. The van der Waals surface area contributed by atoms with Gasteiger partial charge in [0.15, 0.2) is 6.61 Å².